The van der Waals surface area contributed by atoms with E-state index in [9.17, 15) is 40.3 Å². The molecule has 0 radical (unpaired) electrons. The molecule has 0 unspecified atom stereocenters. The minimum absolute atomic E-state index is 0.0657. The quantitative estimate of drug-likeness (QED) is 0.449. The third-order valence-corrected chi connectivity index (χ3v) is 4.41. The van der Waals surface area contributed by atoms with Gasteiger partial charge in [-0.05, 0) is 40.5 Å². The topological polar surface area (TPSA) is 95.7 Å². The molecule has 7 nitrogen and oxygen atoms in total. The highest BCUT2D eigenvalue weighted by Gasteiger charge is 2.76. The summed E-state index contributed by atoms with van der Waals surface area (Å²) in [6, 6.07) is 0. The molecule has 0 bridgehead atoms. The molecule has 2 amide bonds. The van der Waals surface area contributed by atoms with E-state index in [1.807, 2.05) is 0 Å². The first kappa shape index (κ1) is 25.6. The van der Waals surface area contributed by atoms with Gasteiger partial charge in [0.15, 0.2) is 5.76 Å². The minimum atomic E-state index is -6.65. The van der Waals surface area contributed by atoms with Crippen molar-refractivity contribution in [3.63, 3.8) is 0 Å². The molecule has 0 atom stereocenters. The van der Waals surface area contributed by atoms with Crippen LogP contribution in [-0.2, 0) is 11.2 Å². The first-order valence-electron chi connectivity index (χ1n) is 9.29. The number of carbonyl (C=O) groups excluding carboxylic acids is 2. The van der Waals surface area contributed by atoms with Crippen molar-refractivity contribution in [2.45, 2.75) is 70.5 Å². The standard InChI is InChI=1S/C18H21F7N4O3/c1-8-11-9(26-28-14(31)16(19,20)17(21,22)18(23,24)25)6-5-7-10(11)32-12(8)13(30)27-29-15(2,3)4/h29H,5-7H2,1-4H3,(H,27,30)(H,28,31)/b26-9+. The van der Waals surface area contributed by atoms with Crippen LogP contribution in [0.15, 0.2) is 9.52 Å². The number of rotatable bonds is 5. The van der Waals surface area contributed by atoms with Gasteiger partial charge in [0, 0.05) is 23.1 Å². The van der Waals surface area contributed by atoms with Gasteiger partial charge in [0.05, 0.1) is 5.71 Å². The number of carbonyl (C=O) groups is 2. The van der Waals surface area contributed by atoms with E-state index in [2.05, 4.69) is 16.0 Å². The summed E-state index contributed by atoms with van der Waals surface area (Å²) in [5.41, 5.74) is 6.07. The van der Waals surface area contributed by atoms with E-state index in [0.717, 1.165) is 5.43 Å². The van der Waals surface area contributed by atoms with Crippen LogP contribution in [0.3, 0.4) is 0 Å². The lowest BCUT2D eigenvalue weighted by Gasteiger charge is -2.26. The van der Waals surface area contributed by atoms with E-state index >= 15 is 0 Å². The molecule has 3 N–H and O–H groups in total. The average molecular weight is 474 g/mol. The predicted octanol–water partition coefficient (Wildman–Crippen LogP) is 3.61. The Kier molecular flexibility index (Phi) is 6.70. The number of furan rings is 1. The molecule has 1 aromatic heterocycles. The summed E-state index contributed by atoms with van der Waals surface area (Å²) in [7, 11) is 0. The maximum atomic E-state index is 13.5. The van der Waals surface area contributed by atoms with E-state index in [1.165, 1.54) is 6.92 Å². The number of halogens is 7. The second kappa shape index (κ2) is 8.37. The summed E-state index contributed by atoms with van der Waals surface area (Å²) < 4.78 is 95.3. The van der Waals surface area contributed by atoms with Crippen LogP contribution in [0.2, 0.25) is 0 Å². The third-order valence-electron chi connectivity index (χ3n) is 4.41. The smallest absolute Gasteiger partial charge is 0.455 e. The zero-order chi connectivity index (χ0) is 24.7. The first-order chi connectivity index (χ1) is 14.4. The number of nitrogens with one attached hydrogen (secondary N) is 3. The van der Waals surface area contributed by atoms with Crippen molar-refractivity contribution in [3.8, 4) is 0 Å². The Morgan fingerprint density at radius 1 is 1.00 bits per heavy atom. The molecular weight excluding hydrogens is 453 g/mol. The molecule has 0 fully saturated rings. The van der Waals surface area contributed by atoms with Gasteiger partial charge in [-0.2, -0.15) is 35.8 Å². The van der Waals surface area contributed by atoms with Gasteiger partial charge in [0.1, 0.15) is 5.76 Å². The Hall–Kier alpha value is -2.64. The number of hydrogen-bond acceptors (Lipinski definition) is 5. The van der Waals surface area contributed by atoms with Crippen LogP contribution in [0.25, 0.3) is 0 Å². The molecule has 0 aromatic carbocycles. The maximum Gasteiger partial charge on any atom is 0.460 e. The van der Waals surface area contributed by atoms with Gasteiger partial charge in [-0.3, -0.25) is 15.0 Å². The number of hydrazone groups is 1. The fourth-order valence-corrected chi connectivity index (χ4v) is 2.81. The zero-order valence-corrected chi connectivity index (χ0v) is 17.4. The molecule has 1 aliphatic carbocycles. The van der Waals surface area contributed by atoms with Crippen molar-refractivity contribution < 1.29 is 44.7 Å². The number of hydrazine groups is 1. The monoisotopic (exact) mass is 474 g/mol. The molecule has 0 spiro atoms. The highest BCUT2D eigenvalue weighted by molar-refractivity contribution is 6.06. The van der Waals surface area contributed by atoms with Crippen molar-refractivity contribution in [2.24, 2.45) is 5.10 Å². The van der Waals surface area contributed by atoms with Crippen LogP contribution >= 0.6 is 0 Å². The summed E-state index contributed by atoms with van der Waals surface area (Å²) in [5, 5.41) is 3.33. The van der Waals surface area contributed by atoms with Crippen molar-refractivity contribution in [3.05, 3.63) is 22.6 Å². The van der Waals surface area contributed by atoms with Crippen molar-refractivity contribution in [1.82, 2.24) is 16.3 Å². The highest BCUT2D eigenvalue weighted by atomic mass is 19.4. The average Bonchev–Trinajstić information content (AvgIpc) is 2.99. The molecule has 0 saturated carbocycles. The van der Waals surface area contributed by atoms with Crippen LogP contribution in [0, 0.1) is 6.92 Å². The Labute approximate surface area is 177 Å². The number of amides is 2. The summed E-state index contributed by atoms with van der Waals surface area (Å²) >= 11 is 0. The Morgan fingerprint density at radius 2 is 1.59 bits per heavy atom. The van der Waals surface area contributed by atoms with Gasteiger partial charge in [-0.25, -0.2) is 10.9 Å². The molecule has 1 aliphatic rings. The van der Waals surface area contributed by atoms with Gasteiger partial charge >= 0.3 is 29.8 Å². The van der Waals surface area contributed by atoms with E-state index < -0.39 is 35.4 Å². The van der Waals surface area contributed by atoms with Gasteiger partial charge in [-0.1, -0.05) is 0 Å². The second-order valence-corrected chi connectivity index (χ2v) is 8.18. The number of aryl methyl sites for hydroxylation is 1. The van der Waals surface area contributed by atoms with Gasteiger partial charge < -0.3 is 4.42 Å². The highest BCUT2D eigenvalue weighted by Crippen LogP contribution is 2.46. The van der Waals surface area contributed by atoms with Crippen LogP contribution in [-0.4, -0.2) is 41.1 Å². The SMILES string of the molecule is Cc1c(C(=O)NNC(C)(C)C)oc2c1/C(=N/NC(=O)C(F)(F)C(F)(F)C(F)(F)F)CCC2. The Balaban J connectivity index is 2.29. The Morgan fingerprint density at radius 3 is 2.12 bits per heavy atom. The van der Waals surface area contributed by atoms with Crippen LogP contribution in [0.5, 0.6) is 0 Å². The van der Waals surface area contributed by atoms with Crippen LogP contribution in [0.1, 0.15) is 61.1 Å². The molecule has 180 valence electrons. The molecule has 14 heteroatoms. The number of fused-ring (bicyclic) bond motifs is 1. The predicted molar refractivity (Wildman–Crippen MR) is 97.4 cm³/mol. The molecule has 0 saturated heterocycles. The normalized spacial score (nSPS) is 16.7. The van der Waals surface area contributed by atoms with Crippen LogP contribution < -0.4 is 16.3 Å². The first-order valence-corrected chi connectivity index (χ1v) is 9.29. The van der Waals surface area contributed by atoms with E-state index in [4.69, 9.17) is 4.42 Å². The van der Waals surface area contributed by atoms with Crippen molar-refractivity contribution in [1.29, 1.82) is 0 Å². The lowest BCUT2D eigenvalue weighted by atomic mass is 9.93. The molecule has 1 heterocycles. The van der Waals surface area contributed by atoms with Gasteiger partial charge in [-0.15, -0.1) is 0 Å². The molecule has 32 heavy (non-hydrogen) atoms. The molecule has 0 aliphatic heterocycles. The van der Waals surface area contributed by atoms with Gasteiger partial charge in [0.25, 0.3) is 0 Å². The van der Waals surface area contributed by atoms with E-state index in [1.54, 1.807) is 20.8 Å². The number of hydrogen-bond donors (Lipinski definition) is 3. The largest absolute Gasteiger partial charge is 0.460 e. The minimum Gasteiger partial charge on any atom is -0.455 e. The summed E-state index contributed by atoms with van der Waals surface area (Å²) in [6.07, 6.45) is -5.92. The van der Waals surface area contributed by atoms with E-state index in [-0.39, 0.29) is 34.8 Å². The third kappa shape index (κ3) is 4.89. The summed E-state index contributed by atoms with van der Waals surface area (Å²) in [5.74, 6) is -16.2. The van der Waals surface area contributed by atoms with Crippen molar-refractivity contribution in [2.75, 3.05) is 0 Å². The molecule has 1 aromatic rings. The van der Waals surface area contributed by atoms with Gasteiger partial charge in [0.2, 0.25) is 0 Å². The maximum absolute atomic E-state index is 13.5. The summed E-state index contributed by atoms with van der Waals surface area (Å²) in [6.45, 7) is 6.78. The van der Waals surface area contributed by atoms with Crippen molar-refractivity contribution >= 4 is 17.5 Å². The summed E-state index contributed by atoms with van der Waals surface area (Å²) in [4.78, 5) is 23.8. The number of nitrogens with zero attached hydrogens (tertiary/aromatic N) is 1. The molecular formula is C18H21F7N4O3. The fourth-order valence-electron chi connectivity index (χ4n) is 2.81. The molecule has 2 rings (SSSR count). The second-order valence-electron chi connectivity index (χ2n) is 8.18. The fraction of sp³-hybridized carbons (Fsp3) is 0.611. The van der Waals surface area contributed by atoms with E-state index in [0.29, 0.717) is 12.8 Å². The lowest BCUT2D eigenvalue weighted by Crippen LogP contribution is -2.58. The lowest BCUT2D eigenvalue weighted by molar-refractivity contribution is -0.344. The Bertz CT molecular complexity index is 930. The number of alkyl halides is 7. The van der Waals surface area contributed by atoms with Crippen LogP contribution in [0.4, 0.5) is 30.7 Å². The zero-order valence-electron chi connectivity index (χ0n) is 17.4.